The minimum atomic E-state index is -0.310. The summed E-state index contributed by atoms with van der Waals surface area (Å²) in [6, 6.07) is 0. The highest BCUT2D eigenvalue weighted by atomic mass is 16.2. The van der Waals surface area contributed by atoms with Gasteiger partial charge in [-0.15, -0.1) is 0 Å². The van der Waals surface area contributed by atoms with E-state index in [1.807, 2.05) is 4.90 Å². The highest BCUT2D eigenvalue weighted by Gasteiger charge is 2.34. The molecule has 0 spiro atoms. The number of carbonyl (C=O) groups excluding carboxylic acids is 2. The van der Waals surface area contributed by atoms with E-state index in [9.17, 15) is 9.59 Å². The summed E-state index contributed by atoms with van der Waals surface area (Å²) in [7, 11) is 1.65. The number of nitrogens with two attached hydrogens (primary N) is 1. The second kappa shape index (κ2) is 6.57. The van der Waals surface area contributed by atoms with E-state index >= 15 is 0 Å². The average molecular weight is 281 g/mol. The minimum absolute atomic E-state index is 0.0441. The van der Waals surface area contributed by atoms with Crippen molar-refractivity contribution in [2.45, 2.75) is 56.9 Å². The third kappa shape index (κ3) is 3.72. The fourth-order valence-electron chi connectivity index (χ4n) is 3.47. The Hall–Kier alpha value is -1.10. The summed E-state index contributed by atoms with van der Waals surface area (Å²) in [5.41, 5.74) is 6.05. The second-order valence-electron chi connectivity index (χ2n) is 6.39. The summed E-state index contributed by atoms with van der Waals surface area (Å²) >= 11 is 0. The van der Waals surface area contributed by atoms with Gasteiger partial charge in [0.15, 0.2) is 0 Å². The number of likely N-dealkylation sites (tertiary alicyclic amines) is 1. The molecule has 1 saturated heterocycles. The van der Waals surface area contributed by atoms with E-state index in [2.05, 4.69) is 5.32 Å². The number of amides is 2. The SMILES string of the molecule is CNC(=O)C1CCCN(C(=O)CC2(N)CCCCC2)C1. The zero-order valence-electron chi connectivity index (χ0n) is 12.5. The molecule has 2 rings (SSSR count). The Labute approximate surface area is 121 Å². The van der Waals surface area contributed by atoms with Crippen LogP contribution in [0.5, 0.6) is 0 Å². The molecule has 114 valence electrons. The third-order valence-corrected chi connectivity index (χ3v) is 4.74. The summed E-state index contributed by atoms with van der Waals surface area (Å²) in [6.45, 7) is 1.32. The van der Waals surface area contributed by atoms with Crippen LogP contribution in [0.3, 0.4) is 0 Å². The molecule has 2 aliphatic rings. The Morgan fingerprint density at radius 1 is 1.25 bits per heavy atom. The van der Waals surface area contributed by atoms with Crippen molar-refractivity contribution in [3.63, 3.8) is 0 Å². The molecule has 0 radical (unpaired) electrons. The predicted molar refractivity (Wildman–Crippen MR) is 78.0 cm³/mol. The van der Waals surface area contributed by atoms with Crippen molar-refractivity contribution in [2.24, 2.45) is 11.7 Å². The summed E-state index contributed by atoms with van der Waals surface area (Å²) < 4.78 is 0. The Balaban J connectivity index is 1.89. The van der Waals surface area contributed by atoms with Crippen LogP contribution in [0.4, 0.5) is 0 Å². The summed E-state index contributed by atoms with van der Waals surface area (Å²) in [4.78, 5) is 26.0. The van der Waals surface area contributed by atoms with E-state index in [-0.39, 0.29) is 23.3 Å². The predicted octanol–water partition coefficient (Wildman–Crippen LogP) is 1.02. The summed E-state index contributed by atoms with van der Waals surface area (Å²) in [5.74, 6) is 0.114. The minimum Gasteiger partial charge on any atom is -0.359 e. The number of hydrogen-bond donors (Lipinski definition) is 2. The molecule has 1 saturated carbocycles. The molecule has 2 fully saturated rings. The van der Waals surface area contributed by atoms with Crippen molar-refractivity contribution in [3.8, 4) is 0 Å². The Morgan fingerprint density at radius 2 is 1.95 bits per heavy atom. The Bertz CT molecular complexity index is 364. The number of nitrogens with zero attached hydrogens (tertiary/aromatic N) is 1. The normalized spacial score (nSPS) is 26.1. The van der Waals surface area contributed by atoms with Crippen LogP contribution < -0.4 is 11.1 Å². The van der Waals surface area contributed by atoms with Gasteiger partial charge in [-0.25, -0.2) is 0 Å². The van der Waals surface area contributed by atoms with Crippen molar-refractivity contribution in [1.29, 1.82) is 0 Å². The van der Waals surface area contributed by atoms with Crippen LogP contribution in [-0.2, 0) is 9.59 Å². The number of piperidine rings is 1. The van der Waals surface area contributed by atoms with Crippen LogP contribution in [0.25, 0.3) is 0 Å². The smallest absolute Gasteiger partial charge is 0.224 e. The van der Waals surface area contributed by atoms with E-state index in [4.69, 9.17) is 5.73 Å². The monoisotopic (exact) mass is 281 g/mol. The lowest BCUT2D eigenvalue weighted by atomic mass is 9.79. The molecule has 1 heterocycles. The van der Waals surface area contributed by atoms with Crippen LogP contribution in [0.1, 0.15) is 51.4 Å². The van der Waals surface area contributed by atoms with E-state index in [0.717, 1.165) is 45.1 Å². The first kappa shape index (κ1) is 15.3. The molecule has 0 aromatic rings. The van der Waals surface area contributed by atoms with Gasteiger partial charge in [0.25, 0.3) is 0 Å². The van der Waals surface area contributed by atoms with Gasteiger partial charge >= 0.3 is 0 Å². The molecule has 1 atom stereocenters. The highest BCUT2D eigenvalue weighted by molar-refractivity contribution is 5.81. The third-order valence-electron chi connectivity index (χ3n) is 4.74. The lowest BCUT2D eigenvalue weighted by molar-refractivity contribution is -0.136. The molecule has 1 aliphatic carbocycles. The fourth-order valence-corrected chi connectivity index (χ4v) is 3.47. The summed E-state index contributed by atoms with van der Waals surface area (Å²) in [5, 5.41) is 2.68. The number of rotatable bonds is 3. The van der Waals surface area contributed by atoms with Crippen molar-refractivity contribution < 1.29 is 9.59 Å². The van der Waals surface area contributed by atoms with Crippen molar-refractivity contribution in [2.75, 3.05) is 20.1 Å². The van der Waals surface area contributed by atoms with Crippen LogP contribution in [0.2, 0.25) is 0 Å². The van der Waals surface area contributed by atoms with Gasteiger partial charge in [-0.05, 0) is 25.7 Å². The van der Waals surface area contributed by atoms with E-state index in [0.29, 0.717) is 13.0 Å². The standard InChI is InChI=1S/C15H27N3O2/c1-17-14(20)12-6-5-9-18(11-12)13(19)10-15(16)7-3-2-4-8-15/h12H,2-11,16H2,1H3,(H,17,20). The Morgan fingerprint density at radius 3 is 2.60 bits per heavy atom. The van der Waals surface area contributed by atoms with E-state index in [1.165, 1.54) is 6.42 Å². The van der Waals surface area contributed by atoms with Gasteiger partial charge in [0.2, 0.25) is 11.8 Å². The van der Waals surface area contributed by atoms with Crippen molar-refractivity contribution in [3.05, 3.63) is 0 Å². The van der Waals surface area contributed by atoms with Gasteiger partial charge in [0.05, 0.1) is 5.92 Å². The summed E-state index contributed by atoms with van der Waals surface area (Å²) in [6.07, 6.45) is 7.61. The largest absolute Gasteiger partial charge is 0.359 e. The lowest BCUT2D eigenvalue weighted by Crippen LogP contribution is -2.50. The second-order valence-corrected chi connectivity index (χ2v) is 6.39. The van der Waals surface area contributed by atoms with Crippen LogP contribution >= 0.6 is 0 Å². The molecule has 1 unspecified atom stereocenters. The number of carbonyl (C=O) groups is 2. The van der Waals surface area contributed by atoms with Crippen LogP contribution in [0, 0.1) is 5.92 Å². The van der Waals surface area contributed by atoms with E-state index < -0.39 is 0 Å². The lowest BCUT2D eigenvalue weighted by Gasteiger charge is -2.37. The molecule has 0 aromatic carbocycles. The van der Waals surface area contributed by atoms with Gasteiger partial charge < -0.3 is 16.0 Å². The highest BCUT2D eigenvalue weighted by Crippen LogP contribution is 2.30. The van der Waals surface area contributed by atoms with Crippen molar-refractivity contribution in [1.82, 2.24) is 10.2 Å². The molecular formula is C15H27N3O2. The average Bonchev–Trinajstić information content (AvgIpc) is 2.47. The molecule has 1 aliphatic heterocycles. The number of nitrogens with one attached hydrogen (secondary N) is 1. The maximum atomic E-state index is 12.4. The first-order chi connectivity index (χ1) is 9.54. The van der Waals surface area contributed by atoms with Gasteiger partial charge in [0.1, 0.15) is 0 Å². The van der Waals surface area contributed by atoms with Gasteiger partial charge in [0, 0.05) is 32.1 Å². The first-order valence-corrected chi connectivity index (χ1v) is 7.82. The molecule has 2 amide bonds. The van der Waals surface area contributed by atoms with E-state index in [1.54, 1.807) is 7.05 Å². The molecule has 5 heteroatoms. The topological polar surface area (TPSA) is 75.4 Å². The molecule has 3 N–H and O–H groups in total. The Kier molecular flexibility index (Phi) is 5.02. The van der Waals surface area contributed by atoms with Crippen molar-refractivity contribution >= 4 is 11.8 Å². The van der Waals surface area contributed by atoms with Crippen LogP contribution in [0.15, 0.2) is 0 Å². The molecule has 20 heavy (non-hydrogen) atoms. The zero-order valence-corrected chi connectivity index (χ0v) is 12.5. The number of hydrogen-bond acceptors (Lipinski definition) is 3. The van der Waals surface area contributed by atoms with Crippen LogP contribution in [-0.4, -0.2) is 42.4 Å². The van der Waals surface area contributed by atoms with Gasteiger partial charge in [-0.2, -0.15) is 0 Å². The molecule has 5 nitrogen and oxygen atoms in total. The molecule has 0 bridgehead atoms. The maximum Gasteiger partial charge on any atom is 0.224 e. The molecular weight excluding hydrogens is 254 g/mol. The quantitative estimate of drug-likeness (QED) is 0.811. The fraction of sp³-hybridized carbons (Fsp3) is 0.867. The maximum absolute atomic E-state index is 12.4. The molecule has 0 aromatic heterocycles. The zero-order chi connectivity index (χ0) is 14.6. The van der Waals surface area contributed by atoms with Gasteiger partial charge in [-0.3, -0.25) is 9.59 Å². The van der Waals surface area contributed by atoms with Gasteiger partial charge in [-0.1, -0.05) is 19.3 Å². The first-order valence-electron chi connectivity index (χ1n) is 7.82.